The Hall–Kier alpha value is -1.47. The molecule has 100 valence electrons. The lowest BCUT2D eigenvalue weighted by atomic mass is 10.2. The van der Waals surface area contributed by atoms with Crippen molar-refractivity contribution in [2.24, 2.45) is 12.8 Å². The highest BCUT2D eigenvalue weighted by Crippen LogP contribution is 2.21. The molecule has 0 spiro atoms. The molecule has 0 radical (unpaired) electrons. The molecule has 0 bridgehead atoms. The van der Waals surface area contributed by atoms with E-state index >= 15 is 0 Å². The van der Waals surface area contributed by atoms with Gasteiger partial charge in [-0.2, -0.15) is 0 Å². The van der Waals surface area contributed by atoms with Gasteiger partial charge in [-0.25, -0.2) is 0 Å². The first-order valence-corrected chi connectivity index (χ1v) is 6.94. The molecule has 7 heteroatoms. The van der Waals surface area contributed by atoms with Crippen LogP contribution in [0.15, 0.2) is 29.0 Å². The van der Waals surface area contributed by atoms with Crippen molar-refractivity contribution in [1.82, 2.24) is 14.8 Å². The summed E-state index contributed by atoms with van der Waals surface area (Å²) in [6.45, 7) is 0.783. The predicted octanol–water partition coefficient (Wildman–Crippen LogP) is 1.87. The number of nitrogens with two attached hydrogens (primary N) is 1. The lowest BCUT2D eigenvalue weighted by Crippen LogP contribution is -2.11. The molecule has 19 heavy (non-hydrogen) atoms. The Balaban J connectivity index is 1.95. The molecule has 5 nitrogen and oxygen atoms in total. The van der Waals surface area contributed by atoms with Gasteiger partial charge in [-0.05, 0) is 34.1 Å². The van der Waals surface area contributed by atoms with E-state index < -0.39 is 0 Å². The van der Waals surface area contributed by atoms with Gasteiger partial charge in [0.1, 0.15) is 17.1 Å². The zero-order valence-corrected chi connectivity index (χ0v) is 12.8. The smallest absolute Gasteiger partial charge is 0.134 e. The van der Waals surface area contributed by atoms with Crippen LogP contribution in [0.25, 0.3) is 0 Å². The van der Waals surface area contributed by atoms with Crippen LogP contribution in [0, 0.1) is 0 Å². The quantitative estimate of drug-likeness (QED) is 0.814. The van der Waals surface area contributed by atoms with Gasteiger partial charge < -0.3 is 15.6 Å². The Morgan fingerprint density at radius 3 is 2.89 bits per heavy atom. The second kappa shape index (κ2) is 6.12. The third-order valence-corrected chi connectivity index (χ3v) is 3.59. The van der Waals surface area contributed by atoms with Gasteiger partial charge in [0.2, 0.25) is 0 Å². The number of nitrogens with one attached hydrogen (secondary N) is 1. The molecular formula is C12H14BrN5S. The number of benzene rings is 1. The standard InChI is InChI=1S/C12H14BrN5S/c1-18-7-16-17-11(18)4-5-15-8-2-3-9(12(14)19)10(13)6-8/h2-3,6-7,15H,4-5H2,1H3,(H2,14,19). The minimum atomic E-state index is 0.387. The molecule has 0 unspecified atom stereocenters. The molecule has 0 aliphatic rings. The average molecular weight is 340 g/mol. The first-order valence-electron chi connectivity index (χ1n) is 5.74. The van der Waals surface area contributed by atoms with Crippen molar-refractivity contribution in [3.63, 3.8) is 0 Å². The number of rotatable bonds is 5. The molecule has 0 saturated heterocycles. The lowest BCUT2D eigenvalue weighted by Gasteiger charge is -2.08. The molecule has 0 amide bonds. The van der Waals surface area contributed by atoms with Crippen molar-refractivity contribution in [3.8, 4) is 0 Å². The number of thiocarbonyl (C=S) groups is 1. The maximum atomic E-state index is 5.61. The fraction of sp³-hybridized carbons (Fsp3) is 0.250. The second-order valence-electron chi connectivity index (χ2n) is 4.09. The van der Waals surface area contributed by atoms with Gasteiger partial charge in [-0.1, -0.05) is 12.2 Å². The van der Waals surface area contributed by atoms with E-state index in [0.717, 1.165) is 34.5 Å². The van der Waals surface area contributed by atoms with Crippen molar-refractivity contribution in [2.45, 2.75) is 6.42 Å². The summed E-state index contributed by atoms with van der Waals surface area (Å²) in [6, 6.07) is 5.82. The molecule has 1 aromatic heterocycles. The number of hydrogen-bond acceptors (Lipinski definition) is 4. The fourth-order valence-corrected chi connectivity index (χ4v) is 2.58. The Bertz CT molecular complexity index is 596. The number of aromatic nitrogens is 3. The van der Waals surface area contributed by atoms with Gasteiger partial charge in [-0.15, -0.1) is 10.2 Å². The second-order valence-corrected chi connectivity index (χ2v) is 5.39. The van der Waals surface area contributed by atoms with E-state index in [1.54, 1.807) is 6.33 Å². The maximum absolute atomic E-state index is 5.61. The van der Waals surface area contributed by atoms with Crippen LogP contribution in [0.3, 0.4) is 0 Å². The first-order chi connectivity index (χ1) is 9.08. The molecule has 2 rings (SSSR count). The highest BCUT2D eigenvalue weighted by Gasteiger charge is 2.04. The van der Waals surface area contributed by atoms with E-state index in [2.05, 4.69) is 31.4 Å². The topological polar surface area (TPSA) is 68.8 Å². The summed E-state index contributed by atoms with van der Waals surface area (Å²) in [5.41, 5.74) is 7.46. The molecule has 3 N–H and O–H groups in total. The van der Waals surface area contributed by atoms with E-state index in [-0.39, 0.29) is 0 Å². The van der Waals surface area contributed by atoms with E-state index in [4.69, 9.17) is 18.0 Å². The Labute approximate surface area is 125 Å². The van der Waals surface area contributed by atoms with Gasteiger partial charge in [0, 0.05) is 35.7 Å². The Morgan fingerprint density at radius 2 is 2.32 bits per heavy atom. The van der Waals surface area contributed by atoms with Crippen LogP contribution in [-0.4, -0.2) is 26.3 Å². The summed E-state index contributed by atoms with van der Waals surface area (Å²) < 4.78 is 2.80. The first kappa shape index (κ1) is 14.0. The van der Waals surface area contributed by atoms with Crippen molar-refractivity contribution < 1.29 is 0 Å². The number of anilines is 1. The highest BCUT2D eigenvalue weighted by atomic mass is 79.9. The van der Waals surface area contributed by atoms with Crippen LogP contribution in [0.2, 0.25) is 0 Å². The summed E-state index contributed by atoms with van der Waals surface area (Å²) in [4.78, 5) is 0.387. The molecule has 1 aromatic carbocycles. The minimum absolute atomic E-state index is 0.387. The highest BCUT2D eigenvalue weighted by molar-refractivity contribution is 9.10. The SMILES string of the molecule is Cn1cnnc1CCNc1ccc(C(N)=S)c(Br)c1. The summed E-state index contributed by atoms with van der Waals surface area (Å²) in [7, 11) is 1.93. The van der Waals surface area contributed by atoms with E-state index in [0.29, 0.717) is 4.99 Å². The zero-order chi connectivity index (χ0) is 13.8. The third kappa shape index (κ3) is 3.51. The average Bonchev–Trinajstić information content (AvgIpc) is 2.75. The summed E-state index contributed by atoms with van der Waals surface area (Å²) in [6.07, 6.45) is 2.51. The monoisotopic (exact) mass is 339 g/mol. The van der Waals surface area contributed by atoms with Crippen LogP contribution in [0.5, 0.6) is 0 Å². The molecule has 2 aromatic rings. The van der Waals surface area contributed by atoms with Crippen LogP contribution < -0.4 is 11.1 Å². The lowest BCUT2D eigenvalue weighted by molar-refractivity contribution is 0.788. The Kier molecular flexibility index (Phi) is 4.49. The Morgan fingerprint density at radius 1 is 1.53 bits per heavy atom. The van der Waals surface area contributed by atoms with Gasteiger partial charge >= 0.3 is 0 Å². The van der Waals surface area contributed by atoms with Gasteiger partial charge in [0.15, 0.2) is 0 Å². The van der Waals surface area contributed by atoms with Crippen LogP contribution in [-0.2, 0) is 13.5 Å². The number of hydrogen-bond donors (Lipinski definition) is 2. The van der Waals surface area contributed by atoms with E-state index in [1.165, 1.54) is 0 Å². The molecule has 0 aliphatic carbocycles. The third-order valence-electron chi connectivity index (χ3n) is 2.72. The molecule has 0 saturated carbocycles. The van der Waals surface area contributed by atoms with Gasteiger partial charge in [0.05, 0.1) is 0 Å². The summed E-state index contributed by atoms with van der Waals surface area (Å²) in [5.74, 6) is 0.950. The minimum Gasteiger partial charge on any atom is -0.389 e. The maximum Gasteiger partial charge on any atom is 0.134 e. The molecule has 0 aliphatic heterocycles. The molecule has 0 fully saturated rings. The van der Waals surface area contributed by atoms with Crippen LogP contribution in [0.4, 0.5) is 5.69 Å². The summed E-state index contributed by atoms with van der Waals surface area (Å²) >= 11 is 8.41. The normalized spacial score (nSPS) is 10.4. The number of halogens is 1. The van der Waals surface area contributed by atoms with E-state index in [9.17, 15) is 0 Å². The van der Waals surface area contributed by atoms with Crippen molar-refractivity contribution >= 4 is 38.8 Å². The van der Waals surface area contributed by atoms with Crippen molar-refractivity contribution in [1.29, 1.82) is 0 Å². The van der Waals surface area contributed by atoms with Gasteiger partial charge in [-0.3, -0.25) is 0 Å². The molecular weight excluding hydrogens is 326 g/mol. The molecule has 0 atom stereocenters. The fourth-order valence-electron chi connectivity index (χ4n) is 1.68. The summed E-state index contributed by atoms with van der Waals surface area (Å²) in [5, 5.41) is 11.2. The van der Waals surface area contributed by atoms with Crippen LogP contribution >= 0.6 is 28.1 Å². The zero-order valence-electron chi connectivity index (χ0n) is 10.4. The number of nitrogens with zero attached hydrogens (tertiary/aromatic N) is 3. The van der Waals surface area contributed by atoms with Crippen LogP contribution in [0.1, 0.15) is 11.4 Å². The molecule has 1 heterocycles. The predicted molar refractivity (Wildman–Crippen MR) is 83.2 cm³/mol. The number of aryl methyl sites for hydroxylation is 1. The van der Waals surface area contributed by atoms with Crippen molar-refractivity contribution in [2.75, 3.05) is 11.9 Å². The largest absolute Gasteiger partial charge is 0.389 e. The van der Waals surface area contributed by atoms with E-state index in [1.807, 2.05) is 29.8 Å². The van der Waals surface area contributed by atoms with Crippen molar-refractivity contribution in [3.05, 3.63) is 40.4 Å². The van der Waals surface area contributed by atoms with Gasteiger partial charge in [0.25, 0.3) is 0 Å².